The molecule has 1 heterocycles. The van der Waals surface area contributed by atoms with Crippen LogP contribution in [-0.4, -0.2) is 26.1 Å². The van der Waals surface area contributed by atoms with Gasteiger partial charge in [-0.05, 0) is 55.3 Å². The maximum atomic E-state index is 12.8. The molecule has 0 aliphatic carbocycles. The van der Waals surface area contributed by atoms with Crippen LogP contribution < -0.4 is 9.62 Å². The van der Waals surface area contributed by atoms with E-state index in [2.05, 4.69) is 4.72 Å². The number of fused-ring (bicyclic) bond motifs is 1. The van der Waals surface area contributed by atoms with Gasteiger partial charge in [0.1, 0.15) is 0 Å². The lowest BCUT2D eigenvalue weighted by Crippen LogP contribution is -2.37. The van der Waals surface area contributed by atoms with Gasteiger partial charge in [0.25, 0.3) is 10.0 Å². The highest BCUT2D eigenvalue weighted by atomic mass is 32.2. The third kappa shape index (κ3) is 3.88. The predicted molar refractivity (Wildman–Crippen MR) is 107 cm³/mol. The molecule has 26 heavy (non-hydrogen) atoms. The monoisotopic (exact) mass is 390 g/mol. The maximum absolute atomic E-state index is 12.8. The number of carbonyl (C=O) groups is 1. The third-order valence-electron chi connectivity index (χ3n) is 4.15. The number of carbonyl (C=O) groups excluding carboxylic acids is 1. The highest BCUT2D eigenvalue weighted by Crippen LogP contribution is 2.40. The predicted octanol–water partition coefficient (Wildman–Crippen LogP) is 3.95. The van der Waals surface area contributed by atoms with Gasteiger partial charge in [-0.25, -0.2) is 8.42 Å². The zero-order valence-electron chi connectivity index (χ0n) is 15.2. The largest absolute Gasteiger partial charge is 0.310 e. The van der Waals surface area contributed by atoms with Gasteiger partial charge in [0.2, 0.25) is 5.91 Å². The first-order chi connectivity index (χ1) is 12.2. The summed E-state index contributed by atoms with van der Waals surface area (Å²) in [6, 6.07) is 10.5. The molecule has 1 atom stereocenters. The van der Waals surface area contributed by atoms with Crippen molar-refractivity contribution >= 4 is 39.1 Å². The molecule has 2 aromatic rings. The fourth-order valence-electron chi connectivity index (χ4n) is 3.13. The molecule has 5 nitrogen and oxygen atoms in total. The van der Waals surface area contributed by atoms with E-state index in [1.807, 2.05) is 26.8 Å². The minimum atomic E-state index is -3.70. The molecular weight excluding hydrogens is 368 g/mol. The summed E-state index contributed by atoms with van der Waals surface area (Å²) >= 11 is 1.59. The first-order valence-electron chi connectivity index (χ1n) is 8.35. The first kappa shape index (κ1) is 18.8. The Hall–Kier alpha value is -1.99. The molecule has 0 unspecified atom stereocenters. The number of sulfonamides is 1. The van der Waals surface area contributed by atoms with Crippen molar-refractivity contribution in [3.05, 3.63) is 47.5 Å². The molecule has 0 spiro atoms. The Morgan fingerprint density at radius 2 is 1.81 bits per heavy atom. The minimum absolute atomic E-state index is 0.0395. The van der Waals surface area contributed by atoms with Crippen LogP contribution in [0, 0.1) is 13.8 Å². The van der Waals surface area contributed by atoms with Crippen LogP contribution in [0.2, 0.25) is 0 Å². The summed E-state index contributed by atoms with van der Waals surface area (Å²) in [7, 11) is -3.70. The van der Waals surface area contributed by atoms with Gasteiger partial charge in [-0.1, -0.05) is 13.0 Å². The van der Waals surface area contributed by atoms with Crippen molar-refractivity contribution in [2.75, 3.05) is 16.2 Å². The Bertz CT molecular complexity index is 950. The molecule has 0 aromatic heterocycles. The lowest BCUT2D eigenvalue weighted by Gasteiger charge is -2.32. The zero-order chi connectivity index (χ0) is 19.1. The minimum Gasteiger partial charge on any atom is -0.310 e. The molecule has 1 aliphatic heterocycles. The highest BCUT2D eigenvalue weighted by molar-refractivity contribution is 8.00. The second-order valence-corrected chi connectivity index (χ2v) is 9.83. The van der Waals surface area contributed by atoms with Gasteiger partial charge in [0, 0.05) is 29.3 Å². The Labute approximate surface area is 158 Å². The number of hydrogen-bond donors (Lipinski definition) is 1. The summed E-state index contributed by atoms with van der Waals surface area (Å²) in [5, 5.41) is 0.205. The Morgan fingerprint density at radius 3 is 2.42 bits per heavy atom. The van der Waals surface area contributed by atoms with E-state index in [9.17, 15) is 13.2 Å². The lowest BCUT2D eigenvalue weighted by molar-refractivity contribution is -0.116. The van der Waals surface area contributed by atoms with Crippen LogP contribution in [0.15, 0.2) is 46.2 Å². The molecule has 0 saturated heterocycles. The van der Waals surface area contributed by atoms with Gasteiger partial charge < -0.3 is 4.90 Å². The summed E-state index contributed by atoms with van der Waals surface area (Å²) < 4.78 is 28.3. The zero-order valence-corrected chi connectivity index (χ0v) is 16.9. The number of benzene rings is 2. The first-order valence-corrected chi connectivity index (χ1v) is 10.7. The van der Waals surface area contributed by atoms with E-state index in [1.54, 1.807) is 47.0 Å². The third-order valence-corrected chi connectivity index (χ3v) is 6.67. The van der Waals surface area contributed by atoms with Gasteiger partial charge >= 0.3 is 0 Å². The van der Waals surface area contributed by atoms with Crippen LogP contribution in [0.25, 0.3) is 0 Å². The molecule has 2 aromatic carbocycles. The van der Waals surface area contributed by atoms with E-state index < -0.39 is 10.0 Å². The topological polar surface area (TPSA) is 66.5 Å². The standard InChI is InChI=1S/C19H22N2O3S2/c1-12-7-13(2)9-16(8-12)20-26(23,24)17-5-6-18-19(10-17)25-14(3)11-21(18)15(4)22/h5-10,14,20H,11H2,1-4H3/t14-/m1/s1. The van der Waals surface area contributed by atoms with Gasteiger partial charge in [0.15, 0.2) is 0 Å². The quantitative estimate of drug-likeness (QED) is 0.862. The van der Waals surface area contributed by atoms with Gasteiger partial charge in [-0.15, -0.1) is 11.8 Å². The molecule has 0 radical (unpaired) electrons. The fourth-order valence-corrected chi connectivity index (χ4v) is 5.43. The summed E-state index contributed by atoms with van der Waals surface area (Å²) in [6.07, 6.45) is 0. The Morgan fingerprint density at radius 1 is 1.15 bits per heavy atom. The second kappa shape index (κ2) is 6.96. The van der Waals surface area contributed by atoms with Crippen molar-refractivity contribution in [1.82, 2.24) is 0 Å². The van der Waals surface area contributed by atoms with Crippen LogP contribution in [0.3, 0.4) is 0 Å². The molecule has 0 bridgehead atoms. The number of anilines is 2. The van der Waals surface area contributed by atoms with E-state index in [4.69, 9.17) is 0 Å². The van der Waals surface area contributed by atoms with E-state index >= 15 is 0 Å². The molecule has 0 fully saturated rings. The summed E-state index contributed by atoms with van der Waals surface area (Å²) in [4.78, 5) is 14.6. The normalized spacial score (nSPS) is 16.9. The molecule has 138 valence electrons. The van der Waals surface area contributed by atoms with Crippen LogP contribution in [-0.2, 0) is 14.8 Å². The molecule has 3 rings (SSSR count). The van der Waals surface area contributed by atoms with Crippen LogP contribution >= 0.6 is 11.8 Å². The number of hydrogen-bond acceptors (Lipinski definition) is 4. The number of aryl methyl sites for hydroxylation is 2. The molecular formula is C19H22N2O3S2. The van der Waals surface area contributed by atoms with Crippen molar-refractivity contribution < 1.29 is 13.2 Å². The molecule has 1 amide bonds. The van der Waals surface area contributed by atoms with Crippen molar-refractivity contribution in [1.29, 1.82) is 0 Å². The number of nitrogens with zero attached hydrogens (tertiary/aromatic N) is 1. The second-order valence-electron chi connectivity index (χ2n) is 6.67. The van der Waals surface area contributed by atoms with Crippen LogP contribution in [0.1, 0.15) is 25.0 Å². The van der Waals surface area contributed by atoms with E-state index in [0.29, 0.717) is 12.2 Å². The smallest absolute Gasteiger partial charge is 0.261 e. The molecule has 1 N–H and O–H groups in total. The number of thioether (sulfide) groups is 1. The Balaban J connectivity index is 1.96. The van der Waals surface area contributed by atoms with Gasteiger partial charge in [0.05, 0.1) is 10.6 Å². The summed E-state index contributed by atoms with van der Waals surface area (Å²) in [5.74, 6) is -0.0395. The lowest BCUT2D eigenvalue weighted by atomic mass is 10.1. The highest BCUT2D eigenvalue weighted by Gasteiger charge is 2.27. The van der Waals surface area contributed by atoms with Crippen molar-refractivity contribution in [2.45, 2.75) is 42.7 Å². The summed E-state index contributed by atoms with van der Waals surface area (Å²) in [5.41, 5.74) is 3.31. The number of rotatable bonds is 3. The fraction of sp³-hybridized carbons (Fsp3) is 0.316. The maximum Gasteiger partial charge on any atom is 0.261 e. The van der Waals surface area contributed by atoms with E-state index in [1.165, 1.54) is 6.92 Å². The van der Waals surface area contributed by atoms with Gasteiger partial charge in [-0.2, -0.15) is 0 Å². The SMILES string of the molecule is CC(=O)N1C[C@@H](C)Sc2cc(S(=O)(=O)Nc3cc(C)cc(C)c3)ccc21. The Kier molecular flexibility index (Phi) is 5.03. The molecule has 7 heteroatoms. The van der Waals surface area contributed by atoms with E-state index in [0.717, 1.165) is 21.7 Å². The molecule has 0 saturated carbocycles. The number of amides is 1. The van der Waals surface area contributed by atoms with Crippen molar-refractivity contribution in [2.24, 2.45) is 0 Å². The number of nitrogens with one attached hydrogen (secondary N) is 1. The molecule has 1 aliphatic rings. The average molecular weight is 391 g/mol. The van der Waals surface area contributed by atoms with E-state index in [-0.39, 0.29) is 16.1 Å². The van der Waals surface area contributed by atoms with Crippen molar-refractivity contribution in [3.63, 3.8) is 0 Å². The van der Waals surface area contributed by atoms with Crippen LogP contribution in [0.5, 0.6) is 0 Å². The van der Waals surface area contributed by atoms with Crippen LogP contribution in [0.4, 0.5) is 11.4 Å². The van der Waals surface area contributed by atoms with Crippen molar-refractivity contribution in [3.8, 4) is 0 Å². The summed E-state index contributed by atoms with van der Waals surface area (Å²) in [6.45, 7) is 8.04. The average Bonchev–Trinajstić information content (AvgIpc) is 2.51. The van der Waals surface area contributed by atoms with Gasteiger partial charge in [-0.3, -0.25) is 9.52 Å².